The first-order valence-electron chi connectivity index (χ1n) is 6.92. The van der Waals surface area contributed by atoms with E-state index in [2.05, 4.69) is 60.1 Å². The summed E-state index contributed by atoms with van der Waals surface area (Å²) in [5, 5.41) is 6.81. The van der Waals surface area contributed by atoms with Gasteiger partial charge < -0.3 is 5.32 Å². The second-order valence-electron chi connectivity index (χ2n) is 4.79. The average molecular weight is 302 g/mol. The summed E-state index contributed by atoms with van der Waals surface area (Å²) < 4.78 is 0. The maximum absolute atomic E-state index is 4.83. The first kappa shape index (κ1) is 13.7. The SMILES string of the molecule is CCC(NC1=NC(c2ccccc2)CS1)c1cccs1. The Kier molecular flexibility index (Phi) is 4.43. The number of rotatable bonds is 4. The van der Waals surface area contributed by atoms with E-state index in [-0.39, 0.29) is 0 Å². The number of thiophene rings is 1. The molecule has 4 heteroatoms. The highest BCUT2D eigenvalue weighted by molar-refractivity contribution is 8.14. The molecule has 0 aliphatic carbocycles. The molecule has 0 fully saturated rings. The number of benzene rings is 1. The molecule has 0 saturated heterocycles. The van der Waals surface area contributed by atoms with Crippen LogP contribution in [-0.2, 0) is 0 Å². The molecule has 2 aromatic rings. The van der Waals surface area contributed by atoms with E-state index in [0.29, 0.717) is 12.1 Å². The highest BCUT2D eigenvalue weighted by atomic mass is 32.2. The lowest BCUT2D eigenvalue weighted by Crippen LogP contribution is -2.24. The van der Waals surface area contributed by atoms with Gasteiger partial charge in [-0.1, -0.05) is 55.1 Å². The minimum atomic E-state index is 0.296. The third-order valence-electron chi connectivity index (χ3n) is 3.43. The van der Waals surface area contributed by atoms with Gasteiger partial charge in [0.2, 0.25) is 0 Å². The van der Waals surface area contributed by atoms with E-state index >= 15 is 0 Å². The Hall–Kier alpha value is -1.26. The molecule has 1 N–H and O–H groups in total. The molecular formula is C16H18N2S2. The number of nitrogens with one attached hydrogen (secondary N) is 1. The van der Waals surface area contributed by atoms with Crippen molar-refractivity contribution < 1.29 is 0 Å². The smallest absolute Gasteiger partial charge is 0.157 e. The van der Waals surface area contributed by atoms with Crippen LogP contribution in [0.3, 0.4) is 0 Å². The Bertz CT molecular complexity index is 563. The minimum absolute atomic E-state index is 0.296. The minimum Gasteiger partial charge on any atom is -0.357 e. The van der Waals surface area contributed by atoms with Crippen molar-refractivity contribution in [3.05, 3.63) is 58.3 Å². The van der Waals surface area contributed by atoms with E-state index in [1.165, 1.54) is 10.4 Å². The van der Waals surface area contributed by atoms with Crippen LogP contribution in [0.25, 0.3) is 0 Å². The summed E-state index contributed by atoms with van der Waals surface area (Å²) in [4.78, 5) is 6.22. The summed E-state index contributed by atoms with van der Waals surface area (Å²) >= 11 is 3.64. The Morgan fingerprint density at radius 1 is 1.25 bits per heavy atom. The molecule has 0 bridgehead atoms. The summed E-state index contributed by atoms with van der Waals surface area (Å²) in [5.74, 6) is 1.03. The first-order chi connectivity index (χ1) is 9.86. The van der Waals surface area contributed by atoms with Crippen LogP contribution >= 0.6 is 23.1 Å². The van der Waals surface area contributed by atoms with Gasteiger partial charge in [0, 0.05) is 10.6 Å². The van der Waals surface area contributed by atoms with E-state index in [1.807, 2.05) is 23.1 Å². The fourth-order valence-electron chi connectivity index (χ4n) is 2.31. The lowest BCUT2D eigenvalue weighted by atomic mass is 10.1. The second-order valence-corrected chi connectivity index (χ2v) is 6.78. The van der Waals surface area contributed by atoms with Crippen LogP contribution in [0.5, 0.6) is 0 Å². The standard InChI is InChI=1S/C16H18N2S2/c1-2-13(15-9-6-10-19-15)17-16-18-14(11-20-16)12-7-4-3-5-8-12/h3-10,13-14H,2,11H2,1H3,(H,17,18). The molecule has 104 valence electrons. The molecule has 3 rings (SSSR count). The van der Waals surface area contributed by atoms with Gasteiger partial charge in [0.05, 0.1) is 12.1 Å². The third-order valence-corrected chi connectivity index (χ3v) is 5.39. The Balaban J connectivity index is 1.69. The highest BCUT2D eigenvalue weighted by Crippen LogP contribution is 2.31. The number of thioether (sulfide) groups is 1. The summed E-state index contributed by atoms with van der Waals surface area (Å²) in [6.45, 7) is 2.21. The van der Waals surface area contributed by atoms with Gasteiger partial charge in [0.25, 0.3) is 0 Å². The quantitative estimate of drug-likeness (QED) is 0.890. The van der Waals surface area contributed by atoms with Crippen molar-refractivity contribution in [2.24, 2.45) is 4.99 Å². The number of hydrogen-bond acceptors (Lipinski definition) is 4. The molecule has 0 amide bonds. The van der Waals surface area contributed by atoms with Gasteiger partial charge in [0.15, 0.2) is 5.17 Å². The summed E-state index contributed by atoms with van der Waals surface area (Å²) in [5.41, 5.74) is 1.31. The van der Waals surface area contributed by atoms with Gasteiger partial charge in [-0.2, -0.15) is 0 Å². The first-order valence-corrected chi connectivity index (χ1v) is 8.79. The molecule has 2 nitrogen and oxygen atoms in total. The largest absolute Gasteiger partial charge is 0.357 e. The van der Waals surface area contributed by atoms with Gasteiger partial charge in [-0.05, 0) is 23.4 Å². The topological polar surface area (TPSA) is 24.4 Å². The zero-order chi connectivity index (χ0) is 13.8. The molecule has 20 heavy (non-hydrogen) atoms. The predicted octanol–water partition coefficient (Wildman–Crippen LogP) is 4.63. The van der Waals surface area contributed by atoms with Crippen molar-refractivity contribution in [2.45, 2.75) is 25.4 Å². The maximum Gasteiger partial charge on any atom is 0.157 e. The molecule has 0 saturated carbocycles. The summed E-state index contributed by atoms with van der Waals surface area (Å²) in [6.07, 6.45) is 1.08. The molecule has 0 spiro atoms. The molecule has 1 aliphatic heterocycles. The zero-order valence-corrected chi connectivity index (χ0v) is 13.1. The zero-order valence-electron chi connectivity index (χ0n) is 11.5. The second kappa shape index (κ2) is 6.46. The van der Waals surface area contributed by atoms with Crippen LogP contribution in [0.2, 0.25) is 0 Å². The molecule has 0 radical (unpaired) electrons. The van der Waals surface area contributed by atoms with E-state index < -0.39 is 0 Å². The average Bonchev–Trinajstić information content (AvgIpc) is 3.17. The highest BCUT2D eigenvalue weighted by Gasteiger charge is 2.22. The van der Waals surface area contributed by atoms with Crippen molar-refractivity contribution in [2.75, 3.05) is 5.75 Å². The van der Waals surface area contributed by atoms with Gasteiger partial charge in [0.1, 0.15) is 0 Å². The fraction of sp³-hybridized carbons (Fsp3) is 0.312. The van der Waals surface area contributed by atoms with Crippen LogP contribution in [-0.4, -0.2) is 10.9 Å². The molecule has 2 atom stereocenters. The number of amidine groups is 1. The van der Waals surface area contributed by atoms with Crippen LogP contribution in [0.4, 0.5) is 0 Å². The maximum atomic E-state index is 4.83. The molecule has 1 aromatic heterocycles. The summed E-state index contributed by atoms with van der Waals surface area (Å²) in [7, 11) is 0. The molecule has 2 unspecified atom stereocenters. The van der Waals surface area contributed by atoms with Crippen molar-refractivity contribution in [1.82, 2.24) is 5.32 Å². The van der Waals surface area contributed by atoms with Gasteiger partial charge in [-0.15, -0.1) is 11.3 Å². The van der Waals surface area contributed by atoms with Crippen LogP contribution in [0.15, 0.2) is 52.8 Å². The van der Waals surface area contributed by atoms with E-state index in [9.17, 15) is 0 Å². The monoisotopic (exact) mass is 302 g/mol. The van der Waals surface area contributed by atoms with Crippen molar-refractivity contribution in [1.29, 1.82) is 0 Å². The van der Waals surface area contributed by atoms with Gasteiger partial charge >= 0.3 is 0 Å². The number of nitrogens with zero attached hydrogens (tertiary/aromatic N) is 1. The Morgan fingerprint density at radius 2 is 2.10 bits per heavy atom. The third kappa shape index (κ3) is 3.07. The Morgan fingerprint density at radius 3 is 2.80 bits per heavy atom. The van der Waals surface area contributed by atoms with Crippen LogP contribution in [0, 0.1) is 0 Å². The number of aliphatic imine (C=N–C) groups is 1. The van der Waals surface area contributed by atoms with Crippen LogP contribution < -0.4 is 5.32 Å². The molecule has 1 aliphatic rings. The van der Waals surface area contributed by atoms with E-state index in [0.717, 1.165) is 17.3 Å². The van der Waals surface area contributed by atoms with E-state index in [1.54, 1.807) is 0 Å². The van der Waals surface area contributed by atoms with Crippen molar-refractivity contribution in [3.8, 4) is 0 Å². The molecular weight excluding hydrogens is 284 g/mol. The lowest BCUT2D eigenvalue weighted by molar-refractivity contribution is 0.639. The fourth-order valence-corrected chi connectivity index (χ4v) is 4.18. The molecule has 2 heterocycles. The van der Waals surface area contributed by atoms with Crippen molar-refractivity contribution in [3.63, 3.8) is 0 Å². The molecule has 1 aromatic carbocycles. The van der Waals surface area contributed by atoms with E-state index in [4.69, 9.17) is 4.99 Å². The number of hydrogen-bond donors (Lipinski definition) is 1. The van der Waals surface area contributed by atoms with Crippen molar-refractivity contribution >= 4 is 28.3 Å². The normalized spacial score (nSPS) is 19.6. The Labute approximate surface area is 128 Å². The summed E-state index contributed by atoms with van der Waals surface area (Å²) in [6, 6.07) is 15.5. The van der Waals surface area contributed by atoms with Gasteiger partial charge in [-0.3, -0.25) is 4.99 Å². The van der Waals surface area contributed by atoms with Crippen LogP contribution in [0.1, 0.15) is 35.9 Å². The van der Waals surface area contributed by atoms with Gasteiger partial charge in [-0.25, -0.2) is 0 Å². The predicted molar refractivity (Wildman–Crippen MR) is 89.6 cm³/mol. The lowest BCUT2D eigenvalue weighted by Gasteiger charge is -2.15.